The van der Waals surface area contributed by atoms with E-state index in [1.807, 2.05) is 31.2 Å². The highest BCUT2D eigenvalue weighted by Gasteiger charge is 2.16. The van der Waals surface area contributed by atoms with Crippen LogP contribution in [0.3, 0.4) is 0 Å². The highest BCUT2D eigenvalue weighted by molar-refractivity contribution is 6.04. The molecule has 1 atom stereocenters. The predicted octanol–water partition coefficient (Wildman–Crippen LogP) is 2.86. The fourth-order valence-electron chi connectivity index (χ4n) is 2.02. The fourth-order valence-corrected chi connectivity index (χ4v) is 2.02. The summed E-state index contributed by atoms with van der Waals surface area (Å²) < 4.78 is 10.3. The molecule has 0 radical (unpaired) electrons. The van der Waals surface area contributed by atoms with E-state index in [1.54, 1.807) is 20.2 Å². The van der Waals surface area contributed by atoms with Gasteiger partial charge < -0.3 is 14.8 Å². The Balaban J connectivity index is 2.44. The summed E-state index contributed by atoms with van der Waals surface area (Å²) in [6, 6.07) is 7.69. The second-order valence-corrected chi connectivity index (χ2v) is 4.71. The minimum atomic E-state index is -0.372. The van der Waals surface area contributed by atoms with Crippen molar-refractivity contribution in [3.63, 3.8) is 0 Å². The monoisotopic (exact) mass is 288 g/mol. The minimum absolute atomic E-state index is 0.0342. The topological polar surface area (TPSA) is 60.5 Å². The molecule has 2 aromatic rings. The second-order valence-electron chi connectivity index (χ2n) is 4.71. The number of aromatic nitrogens is 1. The Morgan fingerprint density at radius 2 is 2.14 bits per heavy atom. The van der Waals surface area contributed by atoms with E-state index in [1.165, 1.54) is 0 Å². The lowest BCUT2D eigenvalue weighted by atomic mass is 10.1. The smallest absolute Gasteiger partial charge is 0.341 e. The van der Waals surface area contributed by atoms with E-state index in [0.29, 0.717) is 18.7 Å². The van der Waals surface area contributed by atoms with Crippen LogP contribution in [0, 0.1) is 0 Å². The van der Waals surface area contributed by atoms with Crippen molar-refractivity contribution in [2.24, 2.45) is 0 Å². The maximum Gasteiger partial charge on any atom is 0.341 e. The number of esters is 1. The molecule has 0 spiro atoms. The molecule has 1 aromatic carbocycles. The highest BCUT2D eigenvalue weighted by Crippen LogP contribution is 2.26. The molecule has 0 bridgehead atoms. The van der Waals surface area contributed by atoms with Crippen molar-refractivity contribution in [3.05, 3.63) is 36.0 Å². The summed E-state index contributed by atoms with van der Waals surface area (Å²) in [4.78, 5) is 16.4. The fraction of sp³-hybridized carbons (Fsp3) is 0.375. The van der Waals surface area contributed by atoms with Crippen LogP contribution in [-0.4, -0.2) is 37.3 Å². The van der Waals surface area contributed by atoms with Gasteiger partial charge in [0, 0.05) is 25.2 Å². The molecule has 1 aromatic heterocycles. The molecule has 21 heavy (non-hydrogen) atoms. The number of carbonyl (C=O) groups excluding carboxylic acids is 1. The van der Waals surface area contributed by atoms with Gasteiger partial charge in [-0.3, -0.25) is 4.98 Å². The van der Waals surface area contributed by atoms with E-state index in [0.717, 1.165) is 16.6 Å². The molecular formula is C16H20N2O3. The van der Waals surface area contributed by atoms with E-state index >= 15 is 0 Å². The lowest BCUT2D eigenvalue weighted by molar-refractivity contribution is 0.0527. The molecule has 0 fully saturated rings. The van der Waals surface area contributed by atoms with Crippen molar-refractivity contribution in [1.29, 1.82) is 0 Å². The third-order valence-electron chi connectivity index (χ3n) is 3.24. The van der Waals surface area contributed by atoms with Gasteiger partial charge in [-0.1, -0.05) is 18.2 Å². The van der Waals surface area contributed by atoms with Gasteiger partial charge in [0.15, 0.2) is 0 Å². The molecular weight excluding hydrogens is 268 g/mol. The normalized spacial score (nSPS) is 12.1. The predicted molar refractivity (Wildman–Crippen MR) is 82.7 cm³/mol. The van der Waals surface area contributed by atoms with E-state index in [2.05, 4.69) is 10.3 Å². The number of hydrogen-bond acceptors (Lipinski definition) is 5. The van der Waals surface area contributed by atoms with Crippen LogP contribution in [0.25, 0.3) is 10.9 Å². The molecule has 0 aliphatic heterocycles. The summed E-state index contributed by atoms with van der Waals surface area (Å²) in [7, 11) is 1.66. The van der Waals surface area contributed by atoms with Gasteiger partial charge in [-0.2, -0.15) is 0 Å². The molecule has 0 amide bonds. The highest BCUT2D eigenvalue weighted by atomic mass is 16.5. The first-order chi connectivity index (χ1) is 10.2. The molecule has 0 saturated heterocycles. The summed E-state index contributed by atoms with van der Waals surface area (Å²) in [5.41, 5.74) is 2.01. The third-order valence-corrected chi connectivity index (χ3v) is 3.24. The second kappa shape index (κ2) is 7.04. The largest absolute Gasteiger partial charge is 0.462 e. The van der Waals surface area contributed by atoms with Crippen LogP contribution < -0.4 is 5.32 Å². The van der Waals surface area contributed by atoms with Crippen LogP contribution >= 0.6 is 0 Å². The average molecular weight is 288 g/mol. The third kappa shape index (κ3) is 3.49. The van der Waals surface area contributed by atoms with Gasteiger partial charge in [-0.05, 0) is 19.9 Å². The SMILES string of the molecule is CCOC(=O)c1cnc2ccccc2c1NCC(C)OC. The molecule has 0 saturated carbocycles. The maximum absolute atomic E-state index is 12.1. The van der Waals surface area contributed by atoms with Crippen molar-refractivity contribution >= 4 is 22.6 Å². The summed E-state index contributed by atoms with van der Waals surface area (Å²) in [5.74, 6) is -0.372. The van der Waals surface area contributed by atoms with Crippen LogP contribution in [0.1, 0.15) is 24.2 Å². The number of benzene rings is 1. The van der Waals surface area contributed by atoms with Gasteiger partial charge in [0.1, 0.15) is 5.56 Å². The van der Waals surface area contributed by atoms with Gasteiger partial charge in [0.05, 0.1) is 23.9 Å². The molecule has 0 aliphatic carbocycles. The Morgan fingerprint density at radius 3 is 2.86 bits per heavy atom. The van der Waals surface area contributed by atoms with Gasteiger partial charge >= 0.3 is 5.97 Å². The number of anilines is 1. The number of para-hydroxylation sites is 1. The van der Waals surface area contributed by atoms with Crippen LogP contribution in [0.5, 0.6) is 0 Å². The number of rotatable bonds is 6. The molecule has 2 rings (SSSR count). The van der Waals surface area contributed by atoms with E-state index in [-0.39, 0.29) is 12.1 Å². The Labute approximate surface area is 124 Å². The van der Waals surface area contributed by atoms with Crippen LogP contribution in [-0.2, 0) is 9.47 Å². The van der Waals surface area contributed by atoms with E-state index in [4.69, 9.17) is 9.47 Å². The number of methoxy groups -OCH3 is 1. The Kier molecular flexibility index (Phi) is 5.11. The zero-order valence-corrected chi connectivity index (χ0v) is 12.6. The molecule has 112 valence electrons. The number of carbonyl (C=O) groups is 1. The Morgan fingerprint density at radius 1 is 1.38 bits per heavy atom. The van der Waals surface area contributed by atoms with Gasteiger partial charge in [0.25, 0.3) is 0 Å². The molecule has 1 unspecified atom stereocenters. The number of ether oxygens (including phenoxy) is 2. The first-order valence-electron chi connectivity index (χ1n) is 6.98. The number of pyridine rings is 1. The standard InChI is InChI=1S/C16H20N2O3/c1-4-21-16(19)13-10-17-14-8-6-5-7-12(14)15(13)18-9-11(2)20-3/h5-8,10-11H,4,9H2,1-3H3,(H,17,18). The lowest BCUT2D eigenvalue weighted by Gasteiger charge is -2.16. The number of nitrogens with zero attached hydrogens (tertiary/aromatic N) is 1. The van der Waals surface area contributed by atoms with Crippen molar-refractivity contribution in [2.45, 2.75) is 20.0 Å². The first kappa shape index (κ1) is 15.3. The van der Waals surface area contributed by atoms with Crippen LogP contribution in [0.15, 0.2) is 30.5 Å². The number of nitrogens with one attached hydrogen (secondary N) is 1. The molecule has 5 heteroatoms. The van der Waals surface area contributed by atoms with Gasteiger partial charge in [0.2, 0.25) is 0 Å². The summed E-state index contributed by atoms with van der Waals surface area (Å²) in [5, 5.41) is 4.18. The molecule has 1 heterocycles. The number of hydrogen-bond donors (Lipinski definition) is 1. The minimum Gasteiger partial charge on any atom is -0.462 e. The van der Waals surface area contributed by atoms with Crippen LogP contribution in [0.2, 0.25) is 0 Å². The maximum atomic E-state index is 12.1. The first-order valence-corrected chi connectivity index (χ1v) is 6.98. The Hall–Kier alpha value is -2.14. The van der Waals surface area contributed by atoms with Crippen molar-refractivity contribution in [2.75, 3.05) is 25.6 Å². The summed E-state index contributed by atoms with van der Waals surface area (Å²) in [6.45, 7) is 4.67. The van der Waals surface area contributed by atoms with E-state index in [9.17, 15) is 4.79 Å². The average Bonchev–Trinajstić information content (AvgIpc) is 2.52. The van der Waals surface area contributed by atoms with Gasteiger partial charge in [-0.25, -0.2) is 4.79 Å². The van der Waals surface area contributed by atoms with Crippen LogP contribution in [0.4, 0.5) is 5.69 Å². The molecule has 5 nitrogen and oxygen atoms in total. The summed E-state index contributed by atoms with van der Waals surface area (Å²) in [6.07, 6.45) is 1.59. The Bertz CT molecular complexity index is 628. The zero-order valence-electron chi connectivity index (χ0n) is 12.6. The molecule has 0 aliphatic rings. The van der Waals surface area contributed by atoms with Crippen molar-refractivity contribution in [3.8, 4) is 0 Å². The number of fused-ring (bicyclic) bond motifs is 1. The quantitative estimate of drug-likeness (QED) is 0.828. The lowest BCUT2D eigenvalue weighted by Crippen LogP contribution is -2.20. The van der Waals surface area contributed by atoms with Crippen molar-refractivity contribution < 1.29 is 14.3 Å². The molecule has 1 N–H and O–H groups in total. The van der Waals surface area contributed by atoms with Crippen molar-refractivity contribution in [1.82, 2.24) is 4.98 Å². The zero-order chi connectivity index (χ0) is 15.2. The van der Waals surface area contributed by atoms with Gasteiger partial charge in [-0.15, -0.1) is 0 Å². The summed E-state index contributed by atoms with van der Waals surface area (Å²) >= 11 is 0. The van der Waals surface area contributed by atoms with E-state index < -0.39 is 0 Å².